The molecule has 0 aromatic heterocycles. The van der Waals surface area contributed by atoms with Crippen LogP contribution in [0.3, 0.4) is 0 Å². The van der Waals surface area contributed by atoms with Crippen molar-refractivity contribution in [3.8, 4) is 0 Å². The van der Waals surface area contributed by atoms with E-state index in [0.717, 1.165) is 25.2 Å². The van der Waals surface area contributed by atoms with Gasteiger partial charge in [0.25, 0.3) is 0 Å². The van der Waals surface area contributed by atoms with Crippen LogP contribution in [0.15, 0.2) is 36.9 Å². The molecule has 0 atom stereocenters. The molecule has 1 heterocycles. The first kappa shape index (κ1) is 14.7. The Balaban J connectivity index is 2.02. The van der Waals surface area contributed by atoms with Crippen LogP contribution in [0.2, 0.25) is 0 Å². The number of benzene rings is 1. The molecule has 1 fully saturated rings. The molecule has 0 bridgehead atoms. The second kappa shape index (κ2) is 5.75. The fourth-order valence-corrected chi connectivity index (χ4v) is 2.76. The van der Waals surface area contributed by atoms with E-state index in [2.05, 4.69) is 25.3 Å². The average molecular weight is 276 g/mol. The third-order valence-electron chi connectivity index (χ3n) is 3.74. The average Bonchev–Trinajstić information content (AvgIpc) is 2.40. The molecule has 0 spiro atoms. The van der Waals surface area contributed by atoms with Crippen LogP contribution in [0, 0.1) is 5.82 Å². The summed E-state index contributed by atoms with van der Waals surface area (Å²) >= 11 is 0. The first-order valence-corrected chi connectivity index (χ1v) is 6.83. The Morgan fingerprint density at radius 1 is 1.35 bits per heavy atom. The normalized spacial score (nSPS) is 18.9. The number of halogens is 1. The maximum Gasteiger partial charge on any atom is 0.246 e. The van der Waals surface area contributed by atoms with Crippen molar-refractivity contribution in [3.05, 3.63) is 48.3 Å². The molecule has 0 radical (unpaired) electrons. The predicted molar refractivity (Wildman–Crippen MR) is 77.7 cm³/mol. The lowest BCUT2D eigenvalue weighted by atomic mass is 9.98. The number of hydrogen-bond donors (Lipinski definition) is 0. The molecule has 3 nitrogen and oxygen atoms in total. The summed E-state index contributed by atoms with van der Waals surface area (Å²) in [6.45, 7) is 10.8. The van der Waals surface area contributed by atoms with Crippen LogP contribution in [0.25, 0.3) is 0 Å². The summed E-state index contributed by atoms with van der Waals surface area (Å²) in [6.07, 6.45) is 1.37. The molecule has 1 aliphatic heterocycles. The predicted octanol–water partition coefficient (Wildman–Crippen LogP) is 2.43. The number of hydrogen-bond acceptors (Lipinski definition) is 2. The molecule has 1 saturated heterocycles. The zero-order valence-electron chi connectivity index (χ0n) is 12.1. The Labute approximate surface area is 119 Å². The molecular weight excluding hydrogens is 255 g/mol. The third kappa shape index (κ3) is 3.25. The lowest BCUT2D eigenvalue weighted by molar-refractivity contribution is -0.135. The third-order valence-corrected chi connectivity index (χ3v) is 3.74. The Bertz CT molecular complexity index is 496. The van der Waals surface area contributed by atoms with Crippen molar-refractivity contribution >= 4 is 5.91 Å². The molecule has 108 valence electrons. The van der Waals surface area contributed by atoms with Crippen LogP contribution in [0.1, 0.15) is 19.4 Å². The van der Waals surface area contributed by atoms with E-state index in [1.165, 1.54) is 18.2 Å². The first-order valence-electron chi connectivity index (χ1n) is 6.83. The number of carbonyl (C=O) groups excluding carboxylic acids is 1. The molecule has 1 aromatic carbocycles. The molecular formula is C16H21FN2O. The Morgan fingerprint density at radius 3 is 2.55 bits per heavy atom. The highest BCUT2D eigenvalue weighted by Crippen LogP contribution is 2.22. The van der Waals surface area contributed by atoms with Gasteiger partial charge in [-0.25, -0.2) is 4.39 Å². The minimum absolute atomic E-state index is 0.0172. The Morgan fingerprint density at radius 2 is 2.00 bits per heavy atom. The van der Waals surface area contributed by atoms with Gasteiger partial charge in [0.2, 0.25) is 5.91 Å². The lowest BCUT2D eigenvalue weighted by Crippen LogP contribution is -2.60. The van der Waals surface area contributed by atoms with Gasteiger partial charge >= 0.3 is 0 Å². The van der Waals surface area contributed by atoms with Crippen LogP contribution in [0.5, 0.6) is 0 Å². The van der Waals surface area contributed by atoms with E-state index < -0.39 is 0 Å². The molecule has 4 heteroatoms. The maximum absolute atomic E-state index is 12.9. The largest absolute Gasteiger partial charge is 0.331 e. The van der Waals surface area contributed by atoms with Gasteiger partial charge in [-0.2, -0.15) is 0 Å². The monoisotopic (exact) mass is 276 g/mol. The summed E-state index contributed by atoms with van der Waals surface area (Å²) < 4.78 is 12.9. The fraction of sp³-hybridized carbons (Fsp3) is 0.438. The molecule has 0 unspecified atom stereocenters. The highest BCUT2D eigenvalue weighted by atomic mass is 19.1. The van der Waals surface area contributed by atoms with Gasteiger partial charge in [-0.3, -0.25) is 9.69 Å². The van der Waals surface area contributed by atoms with Gasteiger partial charge in [-0.05, 0) is 37.6 Å². The summed E-state index contributed by atoms with van der Waals surface area (Å²) in [5.74, 6) is -0.230. The summed E-state index contributed by atoms with van der Waals surface area (Å²) in [5, 5.41) is 0. The fourth-order valence-electron chi connectivity index (χ4n) is 2.76. The summed E-state index contributed by atoms with van der Waals surface area (Å²) in [4.78, 5) is 16.0. The molecule has 1 amide bonds. The van der Waals surface area contributed by atoms with Crippen molar-refractivity contribution < 1.29 is 9.18 Å². The summed E-state index contributed by atoms with van der Waals surface area (Å²) in [5.41, 5.74) is 0.870. The minimum Gasteiger partial charge on any atom is -0.331 e. The molecule has 0 N–H and O–H groups in total. The van der Waals surface area contributed by atoms with E-state index in [4.69, 9.17) is 0 Å². The number of piperazine rings is 1. The molecule has 20 heavy (non-hydrogen) atoms. The number of rotatable bonds is 3. The van der Waals surface area contributed by atoms with Gasteiger partial charge in [0.05, 0.1) is 5.54 Å². The van der Waals surface area contributed by atoms with Crippen molar-refractivity contribution in [3.63, 3.8) is 0 Å². The topological polar surface area (TPSA) is 23.6 Å². The van der Waals surface area contributed by atoms with Gasteiger partial charge < -0.3 is 4.90 Å². The first-order chi connectivity index (χ1) is 9.42. The van der Waals surface area contributed by atoms with E-state index in [1.807, 2.05) is 17.0 Å². The van der Waals surface area contributed by atoms with Crippen LogP contribution < -0.4 is 0 Å². The second-order valence-corrected chi connectivity index (χ2v) is 5.84. The van der Waals surface area contributed by atoms with E-state index >= 15 is 0 Å². The van der Waals surface area contributed by atoms with Crippen molar-refractivity contribution in [2.75, 3.05) is 19.6 Å². The van der Waals surface area contributed by atoms with Crippen LogP contribution in [-0.2, 0) is 11.3 Å². The smallest absolute Gasteiger partial charge is 0.246 e. The lowest BCUT2D eigenvalue weighted by Gasteiger charge is -2.46. The van der Waals surface area contributed by atoms with Gasteiger partial charge in [-0.1, -0.05) is 18.7 Å². The molecule has 0 aliphatic carbocycles. The number of amides is 1. The standard InChI is InChI=1S/C16H21FN2O/c1-4-15(20)19-10-9-18(12-16(19,2)3)11-13-5-7-14(17)8-6-13/h4-8H,1,9-12H2,2-3H3. The zero-order valence-corrected chi connectivity index (χ0v) is 12.1. The summed E-state index contributed by atoms with van der Waals surface area (Å²) in [7, 11) is 0. The van der Waals surface area contributed by atoms with Crippen molar-refractivity contribution in [1.82, 2.24) is 9.80 Å². The van der Waals surface area contributed by atoms with Crippen molar-refractivity contribution in [2.24, 2.45) is 0 Å². The van der Waals surface area contributed by atoms with E-state index in [0.29, 0.717) is 6.54 Å². The highest BCUT2D eigenvalue weighted by molar-refractivity contribution is 5.87. The Kier molecular flexibility index (Phi) is 4.23. The van der Waals surface area contributed by atoms with Crippen molar-refractivity contribution in [1.29, 1.82) is 0 Å². The number of nitrogens with zero attached hydrogens (tertiary/aromatic N) is 2. The quantitative estimate of drug-likeness (QED) is 0.792. The van der Waals surface area contributed by atoms with E-state index in [-0.39, 0.29) is 17.3 Å². The van der Waals surface area contributed by atoms with Gasteiger partial charge in [0, 0.05) is 26.2 Å². The van der Waals surface area contributed by atoms with Crippen LogP contribution in [-0.4, -0.2) is 40.9 Å². The maximum atomic E-state index is 12.9. The van der Waals surface area contributed by atoms with Gasteiger partial charge in [-0.15, -0.1) is 0 Å². The van der Waals surface area contributed by atoms with E-state index in [9.17, 15) is 9.18 Å². The number of carbonyl (C=O) groups is 1. The molecule has 1 aromatic rings. The van der Waals surface area contributed by atoms with Gasteiger partial charge in [0.15, 0.2) is 0 Å². The van der Waals surface area contributed by atoms with Crippen LogP contribution >= 0.6 is 0 Å². The SMILES string of the molecule is C=CC(=O)N1CCN(Cc2ccc(F)cc2)CC1(C)C. The van der Waals surface area contributed by atoms with E-state index in [1.54, 1.807) is 0 Å². The summed E-state index contributed by atoms with van der Waals surface area (Å²) in [6, 6.07) is 6.59. The van der Waals surface area contributed by atoms with Crippen molar-refractivity contribution in [2.45, 2.75) is 25.9 Å². The highest BCUT2D eigenvalue weighted by Gasteiger charge is 2.35. The van der Waals surface area contributed by atoms with Crippen LogP contribution in [0.4, 0.5) is 4.39 Å². The molecule has 1 aliphatic rings. The Hall–Kier alpha value is -1.68. The second-order valence-electron chi connectivity index (χ2n) is 5.84. The van der Waals surface area contributed by atoms with Gasteiger partial charge in [0.1, 0.15) is 5.82 Å². The minimum atomic E-state index is -0.219. The zero-order chi connectivity index (χ0) is 14.8. The molecule has 0 saturated carbocycles. The molecule has 2 rings (SSSR count).